The van der Waals surface area contributed by atoms with Gasteiger partial charge in [-0.3, -0.25) is 4.90 Å². The van der Waals surface area contributed by atoms with Crippen molar-refractivity contribution in [3.05, 3.63) is 60.2 Å². The van der Waals surface area contributed by atoms with Crippen LogP contribution in [0.5, 0.6) is 5.75 Å². The van der Waals surface area contributed by atoms with E-state index in [9.17, 15) is 9.59 Å². The summed E-state index contributed by atoms with van der Waals surface area (Å²) in [6.45, 7) is 4.03. The van der Waals surface area contributed by atoms with Gasteiger partial charge in [-0.2, -0.15) is 0 Å². The summed E-state index contributed by atoms with van der Waals surface area (Å²) in [5, 5.41) is 2.61. The lowest BCUT2D eigenvalue weighted by atomic mass is 10.2. The Labute approximate surface area is 153 Å². The lowest BCUT2D eigenvalue weighted by molar-refractivity contribution is -0.144. The van der Waals surface area contributed by atoms with Crippen molar-refractivity contribution in [2.45, 2.75) is 26.5 Å². The number of hydrogen-bond donors (Lipinski definition) is 1. The minimum Gasteiger partial charge on any atom is -0.489 e. The molecule has 1 unspecified atom stereocenters. The number of nitrogens with one attached hydrogen (secondary N) is 1. The molecule has 0 aliphatic rings. The predicted molar refractivity (Wildman–Crippen MR) is 100 cm³/mol. The molecule has 0 aromatic heterocycles. The molecule has 0 saturated carbocycles. The number of ether oxygens (including phenoxy) is 2. The maximum Gasteiger partial charge on any atom is 0.328 e. The molecule has 6 heteroatoms. The minimum atomic E-state index is -0.720. The molecule has 1 N–H and O–H groups in total. The Kier molecular flexibility index (Phi) is 7.02. The van der Waals surface area contributed by atoms with Crippen molar-refractivity contribution in [3.8, 4) is 5.75 Å². The first-order chi connectivity index (χ1) is 12.5. The highest BCUT2D eigenvalue weighted by atomic mass is 16.5. The van der Waals surface area contributed by atoms with E-state index >= 15 is 0 Å². The van der Waals surface area contributed by atoms with Gasteiger partial charge in [-0.15, -0.1) is 0 Å². The van der Waals surface area contributed by atoms with Crippen molar-refractivity contribution < 1.29 is 19.1 Å². The molecule has 2 rings (SSSR count). The number of esters is 1. The Morgan fingerprint density at radius 1 is 1.12 bits per heavy atom. The minimum absolute atomic E-state index is 0.273. The van der Waals surface area contributed by atoms with Crippen LogP contribution in [-0.4, -0.2) is 31.7 Å². The van der Waals surface area contributed by atoms with E-state index in [0.29, 0.717) is 18.0 Å². The Bertz CT molecular complexity index is 734. The lowest BCUT2D eigenvalue weighted by Crippen LogP contribution is -2.45. The van der Waals surface area contributed by atoms with Gasteiger partial charge in [0, 0.05) is 18.8 Å². The van der Waals surface area contributed by atoms with Crippen molar-refractivity contribution in [3.63, 3.8) is 0 Å². The molecule has 0 radical (unpaired) electrons. The SMILES string of the molecule is CCOC(=O)C(C)NC(=O)N(C)c1cccc(OCc2ccccc2)c1. The molecule has 6 nitrogen and oxygen atoms in total. The van der Waals surface area contributed by atoms with Crippen molar-refractivity contribution >= 4 is 17.7 Å². The van der Waals surface area contributed by atoms with Crippen LogP contribution in [0.1, 0.15) is 19.4 Å². The molecule has 138 valence electrons. The molecule has 2 aromatic carbocycles. The Balaban J connectivity index is 1.97. The van der Waals surface area contributed by atoms with Gasteiger partial charge >= 0.3 is 12.0 Å². The summed E-state index contributed by atoms with van der Waals surface area (Å²) >= 11 is 0. The van der Waals surface area contributed by atoms with E-state index in [4.69, 9.17) is 9.47 Å². The zero-order valence-electron chi connectivity index (χ0n) is 15.3. The highest BCUT2D eigenvalue weighted by Gasteiger charge is 2.19. The summed E-state index contributed by atoms with van der Waals surface area (Å²) in [6, 6.07) is 15.9. The summed E-state index contributed by atoms with van der Waals surface area (Å²) < 4.78 is 10.7. The molecule has 2 amide bonds. The number of carbonyl (C=O) groups excluding carboxylic acids is 2. The second kappa shape index (κ2) is 9.46. The lowest BCUT2D eigenvalue weighted by Gasteiger charge is -2.21. The van der Waals surface area contributed by atoms with Crippen LogP contribution in [0.4, 0.5) is 10.5 Å². The fourth-order valence-corrected chi connectivity index (χ4v) is 2.25. The topological polar surface area (TPSA) is 67.9 Å². The Morgan fingerprint density at radius 3 is 2.54 bits per heavy atom. The maximum atomic E-state index is 12.3. The van der Waals surface area contributed by atoms with Crippen LogP contribution in [0.25, 0.3) is 0 Å². The van der Waals surface area contributed by atoms with Crippen molar-refractivity contribution in [2.24, 2.45) is 0 Å². The zero-order chi connectivity index (χ0) is 18.9. The third kappa shape index (κ3) is 5.51. The van der Waals surface area contributed by atoms with Crippen molar-refractivity contribution in [2.75, 3.05) is 18.6 Å². The summed E-state index contributed by atoms with van der Waals surface area (Å²) in [4.78, 5) is 25.4. The van der Waals surface area contributed by atoms with E-state index < -0.39 is 18.0 Å². The van der Waals surface area contributed by atoms with Crippen molar-refractivity contribution in [1.82, 2.24) is 5.32 Å². The fraction of sp³-hybridized carbons (Fsp3) is 0.300. The third-order valence-corrected chi connectivity index (χ3v) is 3.74. The molecule has 1 atom stereocenters. The second-order valence-corrected chi connectivity index (χ2v) is 5.75. The Hall–Kier alpha value is -3.02. The van der Waals surface area contributed by atoms with Gasteiger partial charge < -0.3 is 14.8 Å². The van der Waals surface area contributed by atoms with E-state index in [1.165, 1.54) is 4.90 Å². The molecule has 0 aliphatic heterocycles. The average molecular weight is 356 g/mol. The van der Waals surface area contributed by atoms with Gasteiger partial charge in [0.15, 0.2) is 0 Å². The van der Waals surface area contributed by atoms with Crippen LogP contribution >= 0.6 is 0 Å². The van der Waals surface area contributed by atoms with Gasteiger partial charge in [0.05, 0.1) is 6.61 Å². The molecule has 0 spiro atoms. The summed E-state index contributed by atoms with van der Waals surface area (Å²) in [5.41, 5.74) is 1.72. The number of rotatable bonds is 7. The van der Waals surface area contributed by atoms with E-state index in [1.54, 1.807) is 33.0 Å². The maximum absolute atomic E-state index is 12.3. The highest BCUT2D eigenvalue weighted by molar-refractivity contribution is 5.94. The largest absolute Gasteiger partial charge is 0.489 e. The zero-order valence-corrected chi connectivity index (χ0v) is 15.3. The van der Waals surface area contributed by atoms with Crippen molar-refractivity contribution in [1.29, 1.82) is 0 Å². The second-order valence-electron chi connectivity index (χ2n) is 5.75. The molecular weight excluding hydrogens is 332 g/mol. The molecule has 26 heavy (non-hydrogen) atoms. The van der Waals surface area contributed by atoms with Crippen LogP contribution < -0.4 is 15.0 Å². The normalized spacial score (nSPS) is 11.3. The van der Waals surface area contributed by atoms with E-state index in [-0.39, 0.29) is 6.61 Å². The van der Waals surface area contributed by atoms with E-state index in [2.05, 4.69) is 5.32 Å². The Morgan fingerprint density at radius 2 is 1.85 bits per heavy atom. The van der Waals surface area contributed by atoms with Gasteiger partial charge in [-0.25, -0.2) is 9.59 Å². The standard InChI is InChI=1S/C20H24N2O4/c1-4-25-19(23)15(2)21-20(24)22(3)17-11-8-12-18(13-17)26-14-16-9-6-5-7-10-16/h5-13,15H,4,14H2,1-3H3,(H,21,24). The number of amides is 2. The molecule has 0 bridgehead atoms. The molecule has 0 fully saturated rings. The number of hydrogen-bond acceptors (Lipinski definition) is 4. The van der Waals surface area contributed by atoms with Gasteiger partial charge in [0.25, 0.3) is 0 Å². The third-order valence-electron chi connectivity index (χ3n) is 3.74. The van der Waals surface area contributed by atoms with Gasteiger partial charge in [0.1, 0.15) is 18.4 Å². The van der Waals surface area contributed by atoms with Crippen LogP contribution in [0.2, 0.25) is 0 Å². The number of benzene rings is 2. The average Bonchev–Trinajstić information content (AvgIpc) is 2.67. The molecule has 2 aromatic rings. The number of anilines is 1. The van der Waals surface area contributed by atoms with Crippen LogP contribution in [0.15, 0.2) is 54.6 Å². The smallest absolute Gasteiger partial charge is 0.328 e. The molecule has 0 aliphatic carbocycles. The highest BCUT2D eigenvalue weighted by Crippen LogP contribution is 2.21. The quantitative estimate of drug-likeness (QED) is 0.773. The molecule has 0 saturated heterocycles. The van der Waals surface area contributed by atoms with Gasteiger partial charge in [-0.05, 0) is 31.5 Å². The summed E-state index contributed by atoms with van der Waals surface area (Å²) in [5.74, 6) is 0.193. The number of carbonyl (C=O) groups is 2. The van der Waals surface area contributed by atoms with Crippen LogP contribution in [0, 0.1) is 0 Å². The summed E-state index contributed by atoms with van der Waals surface area (Å²) in [7, 11) is 1.63. The van der Waals surface area contributed by atoms with Gasteiger partial charge in [0.2, 0.25) is 0 Å². The van der Waals surface area contributed by atoms with Crippen LogP contribution in [0.3, 0.4) is 0 Å². The monoisotopic (exact) mass is 356 g/mol. The summed E-state index contributed by atoms with van der Waals surface area (Å²) in [6.07, 6.45) is 0. The first-order valence-corrected chi connectivity index (χ1v) is 8.49. The van der Waals surface area contributed by atoms with Crippen LogP contribution in [-0.2, 0) is 16.1 Å². The molecule has 0 heterocycles. The van der Waals surface area contributed by atoms with E-state index in [0.717, 1.165) is 5.56 Å². The van der Waals surface area contributed by atoms with E-state index in [1.807, 2.05) is 42.5 Å². The fourth-order valence-electron chi connectivity index (χ4n) is 2.25. The molecular formula is C20H24N2O4. The predicted octanol–water partition coefficient (Wildman–Crippen LogP) is 3.36. The number of nitrogens with zero attached hydrogens (tertiary/aromatic N) is 1. The first-order valence-electron chi connectivity index (χ1n) is 8.49. The number of urea groups is 1. The first kappa shape index (κ1) is 19.3. The van der Waals surface area contributed by atoms with Gasteiger partial charge in [-0.1, -0.05) is 36.4 Å².